The summed E-state index contributed by atoms with van der Waals surface area (Å²) < 4.78 is 18.7. The highest BCUT2D eigenvalue weighted by Crippen LogP contribution is 2.50. The molecule has 3 aromatic heterocycles. The Morgan fingerprint density at radius 3 is 2.72 bits per heavy atom. The molecule has 36 heavy (non-hydrogen) atoms. The van der Waals surface area contributed by atoms with E-state index in [0.29, 0.717) is 16.8 Å². The quantitative estimate of drug-likeness (QED) is 0.336. The zero-order valence-corrected chi connectivity index (χ0v) is 23.2. The summed E-state index contributed by atoms with van der Waals surface area (Å²) in [7, 11) is 0. The van der Waals surface area contributed by atoms with Crippen LogP contribution in [0.2, 0.25) is 5.02 Å². The third kappa shape index (κ3) is 4.92. The molecule has 0 aromatic carbocycles. The molecule has 2 aliphatic rings. The van der Waals surface area contributed by atoms with E-state index in [1.54, 1.807) is 12.4 Å². The van der Waals surface area contributed by atoms with E-state index in [1.807, 2.05) is 45.4 Å². The molecule has 0 radical (unpaired) electrons. The van der Waals surface area contributed by atoms with Crippen molar-refractivity contribution in [1.29, 1.82) is 0 Å². The maximum Gasteiger partial charge on any atom is 0.211 e. The smallest absolute Gasteiger partial charge is 0.211 e. The maximum atomic E-state index is 12.5. The first-order valence-electron chi connectivity index (χ1n) is 12.3. The van der Waals surface area contributed by atoms with Crippen LogP contribution in [0.4, 0.5) is 11.8 Å². The van der Waals surface area contributed by atoms with Gasteiger partial charge in [-0.25, -0.2) is 15.0 Å². The molecular formula is C25H32ClN7OS2. The van der Waals surface area contributed by atoms with Crippen molar-refractivity contribution in [1.82, 2.24) is 19.4 Å². The Hall–Kier alpha value is -2.01. The second-order valence-electron chi connectivity index (χ2n) is 10.6. The van der Waals surface area contributed by atoms with E-state index < -0.39 is 11.4 Å². The van der Waals surface area contributed by atoms with Crippen molar-refractivity contribution in [3.63, 3.8) is 0 Å². The van der Waals surface area contributed by atoms with Crippen LogP contribution >= 0.6 is 23.4 Å². The van der Waals surface area contributed by atoms with Gasteiger partial charge < -0.3 is 15.2 Å². The van der Waals surface area contributed by atoms with Gasteiger partial charge in [0.05, 0.1) is 16.1 Å². The number of halogens is 1. The number of anilines is 2. The Bertz CT molecular complexity index is 1270. The number of imidazole rings is 1. The van der Waals surface area contributed by atoms with Crippen molar-refractivity contribution in [3.05, 3.63) is 35.9 Å². The lowest BCUT2D eigenvalue weighted by Gasteiger charge is -2.42. The number of nitrogens with two attached hydrogens (primary N) is 1. The van der Waals surface area contributed by atoms with E-state index in [-0.39, 0.29) is 10.2 Å². The molecule has 0 amide bonds. The normalized spacial score (nSPS) is 21.1. The first-order valence-corrected chi connectivity index (χ1v) is 14.6. The van der Waals surface area contributed by atoms with Crippen molar-refractivity contribution in [2.45, 2.75) is 67.4 Å². The molecule has 2 fully saturated rings. The van der Waals surface area contributed by atoms with Gasteiger partial charge in [-0.05, 0) is 57.9 Å². The fourth-order valence-electron chi connectivity index (χ4n) is 5.29. The second kappa shape index (κ2) is 10.0. The highest BCUT2D eigenvalue weighted by Gasteiger charge is 2.45. The first kappa shape index (κ1) is 25.6. The van der Waals surface area contributed by atoms with Crippen LogP contribution in [-0.2, 0) is 11.4 Å². The monoisotopic (exact) mass is 545 g/mol. The van der Waals surface area contributed by atoms with Gasteiger partial charge in [-0.15, -0.1) is 0 Å². The van der Waals surface area contributed by atoms with Gasteiger partial charge in [0.25, 0.3) is 0 Å². The number of fused-ring (bicyclic) bond motifs is 1. The zero-order valence-electron chi connectivity index (χ0n) is 20.9. The van der Waals surface area contributed by atoms with E-state index in [1.165, 1.54) is 24.6 Å². The van der Waals surface area contributed by atoms with Gasteiger partial charge in [-0.2, -0.15) is 0 Å². The molecule has 3 aromatic rings. The Kier molecular flexibility index (Phi) is 7.15. The standard InChI is InChI=1S/C25H32ClN7OS2/c1-24(2,3)36(34)31-15-17-5-4-7-25(17)8-12-32(13-9-25)23-30-16-19(22-29-11-14-33(22)23)35-18-6-10-28-21(27)20(18)26/h6,10-11,14-17H,4-5,7-9,12-13H2,1-3H3,(H2,27,28)/b31-15+/t17?,36-/m1/s1. The molecule has 0 bridgehead atoms. The molecule has 1 saturated heterocycles. The third-order valence-corrected chi connectivity index (χ3v) is 10.3. The highest BCUT2D eigenvalue weighted by molar-refractivity contribution is 7.99. The molecule has 11 heteroatoms. The number of pyridine rings is 1. The maximum absolute atomic E-state index is 12.5. The minimum absolute atomic E-state index is 0.240. The van der Waals surface area contributed by atoms with Crippen molar-refractivity contribution < 1.29 is 4.55 Å². The van der Waals surface area contributed by atoms with Crippen molar-refractivity contribution in [3.8, 4) is 0 Å². The highest BCUT2D eigenvalue weighted by atomic mass is 35.5. The van der Waals surface area contributed by atoms with Crippen LogP contribution in [0.1, 0.15) is 52.9 Å². The number of nitrogens with zero attached hydrogens (tertiary/aromatic N) is 6. The second-order valence-corrected chi connectivity index (χ2v) is 14.0. The van der Waals surface area contributed by atoms with Gasteiger partial charge >= 0.3 is 0 Å². The molecule has 1 spiro atoms. The fraction of sp³-hybridized carbons (Fsp3) is 0.520. The lowest BCUT2D eigenvalue weighted by atomic mass is 9.71. The summed E-state index contributed by atoms with van der Waals surface area (Å²) in [4.78, 5) is 17.6. The van der Waals surface area contributed by atoms with Gasteiger partial charge in [0.15, 0.2) is 5.65 Å². The number of piperidine rings is 1. The van der Waals surface area contributed by atoms with E-state index in [0.717, 1.165) is 53.7 Å². The van der Waals surface area contributed by atoms with Crippen LogP contribution in [0, 0.1) is 11.3 Å². The summed E-state index contributed by atoms with van der Waals surface area (Å²) in [5.41, 5.74) is 6.96. The van der Waals surface area contributed by atoms with E-state index in [2.05, 4.69) is 23.7 Å². The minimum Gasteiger partial charge on any atom is -0.591 e. The van der Waals surface area contributed by atoms with E-state index in [4.69, 9.17) is 22.3 Å². The Labute approximate surface area is 224 Å². The Morgan fingerprint density at radius 1 is 1.19 bits per heavy atom. The first-order chi connectivity index (χ1) is 17.2. The molecule has 1 saturated carbocycles. The molecule has 1 aliphatic carbocycles. The molecule has 192 valence electrons. The van der Waals surface area contributed by atoms with Gasteiger partial charge in [-0.1, -0.05) is 34.2 Å². The molecule has 1 aliphatic heterocycles. The van der Waals surface area contributed by atoms with Gasteiger partial charge in [-0.3, -0.25) is 4.40 Å². The van der Waals surface area contributed by atoms with Gasteiger partial charge in [0, 0.05) is 48.7 Å². The predicted molar refractivity (Wildman–Crippen MR) is 148 cm³/mol. The van der Waals surface area contributed by atoms with E-state index >= 15 is 0 Å². The minimum atomic E-state index is -1.20. The predicted octanol–water partition coefficient (Wildman–Crippen LogP) is 5.43. The Balaban J connectivity index is 1.33. The lowest BCUT2D eigenvalue weighted by molar-refractivity contribution is 0.192. The fourth-order valence-corrected chi connectivity index (χ4v) is 6.99. The number of nitrogen functional groups attached to an aromatic ring is 1. The average molecular weight is 546 g/mol. The summed E-state index contributed by atoms with van der Waals surface area (Å²) in [5, 5.41) is 0.443. The topological polar surface area (TPSA) is 108 Å². The molecule has 5 rings (SSSR count). The summed E-state index contributed by atoms with van der Waals surface area (Å²) in [6.07, 6.45) is 15.0. The molecule has 2 N–H and O–H groups in total. The van der Waals surface area contributed by atoms with Gasteiger partial charge in [0.1, 0.15) is 21.9 Å². The molecule has 4 heterocycles. The lowest BCUT2D eigenvalue weighted by Crippen LogP contribution is -2.43. The summed E-state index contributed by atoms with van der Waals surface area (Å²) in [5.74, 6) is 1.61. The van der Waals surface area contributed by atoms with Crippen LogP contribution in [0.3, 0.4) is 0 Å². The van der Waals surface area contributed by atoms with E-state index in [9.17, 15) is 4.55 Å². The molecule has 1 unspecified atom stereocenters. The van der Waals surface area contributed by atoms with Crippen molar-refractivity contribution in [2.24, 2.45) is 15.7 Å². The van der Waals surface area contributed by atoms with Crippen molar-refractivity contribution in [2.75, 3.05) is 23.7 Å². The summed E-state index contributed by atoms with van der Waals surface area (Å²) in [6.45, 7) is 7.76. The van der Waals surface area contributed by atoms with Crippen LogP contribution in [-0.4, -0.2) is 48.0 Å². The summed E-state index contributed by atoms with van der Waals surface area (Å²) >= 11 is 6.65. The largest absolute Gasteiger partial charge is 0.591 e. The van der Waals surface area contributed by atoms with Crippen LogP contribution < -0.4 is 10.6 Å². The number of rotatable bonds is 5. The average Bonchev–Trinajstić information content (AvgIpc) is 3.49. The zero-order chi connectivity index (χ0) is 25.5. The molecule has 2 atom stereocenters. The number of hydrogen-bond acceptors (Lipinski definition) is 8. The SMILES string of the molecule is CC(C)(C)[S@@+]([O-])/N=C/C1CCCC12CCN(c1ncc(Sc3ccnc(N)c3Cl)c3nccn13)CC2. The molecule has 8 nitrogen and oxygen atoms in total. The van der Waals surface area contributed by atoms with Gasteiger partial charge in [0.2, 0.25) is 5.95 Å². The van der Waals surface area contributed by atoms with Crippen molar-refractivity contribution >= 4 is 58.4 Å². The molecular weight excluding hydrogens is 514 g/mol. The summed E-state index contributed by atoms with van der Waals surface area (Å²) in [6, 6.07) is 1.85. The van der Waals surface area contributed by atoms with Crippen LogP contribution in [0.25, 0.3) is 5.65 Å². The Morgan fingerprint density at radius 2 is 1.97 bits per heavy atom. The number of hydrogen-bond donors (Lipinski definition) is 1. The number of aromatic nitrogens is 4. The van der Waals surface area contributed by atoms with Crippen LogP contribution in [0.15, 0.2) is 45.0 Å². The van der Waals surface area contributed by atoms with Crippen LogP contribution in [0.5, 0.6) is 0 Å². The third-order valence-electron chi connectivity index (χ3n) is 7.35.